The van der Waals surface area contributed by atoms with Crippen LogP contribution in [0.5, 0.6) is 0 Å². The first-order valence-electron chi connectivity index (χ1n) is 10.00. The molecule has 0 spiro atoms. The fourth-order valence-electron chi connectivity index (χ4n) is 3.79. The van der Waals surface area contributed by atoms with Crippen molar-refractivity contribution >= 4 is 38.8 Å². The Bertz CT molecular complexity index is 1240. The number of thiazole rings is 1. The average Bonchev–Trinajstić information content (AvgIpc) is 3.10. The van der Waals surface area contributed by atoms with Gasteiger partial charge in [-0.1, -0.05) is 17.4 Å². The van der Waals surface area contributed by atoms with Crippen LogP contribution < -0.4 is 9.70 Å². The van der Waals surface area contributed by atoms with Crippen LogP contribution >= 0.6 is 11.3 Å². The third-order valence-corrected chi connectivity index (χ3v) is 6.31. The maximum Gasteiger partial charge on any atom is 0.293 e. The highest BCUT2D eigenvalue weighted by molar-refractivity contribution is 7.16. The fraction of sp³-hybridized carbons (Fsp3) is 0.273. The number of fused-ring (bicyclic) bond motifs is 1. The van der Waals surface area contributed by atoms with E-state index in [1.165, 1.54) is 29.5 Å². The number of halogens is 1. The van der Waals surface area contributed by atoms with Gasteiger partial charge in [-0.15, -0.1) is 6.58 Å². The van der Waals surface area contributed by atoms with E-state index in [4.69, 9.17) is 0 Å². The maximum atomic E-state index is 13.6. The van der Waals surface area contributed by atoms with E-state index in [-0.39, 0.29) is 17.1 Å². The van der Waals surface area contributed by atoms with Crippen LogP contribution in [-0.4, -0.2) is 28.5 Å². The molecular weight excluding hydrogens is 419 g/mol. The lowest BCUT2D eigenvalue weighted by Gasteiger charge is -2.28. The summed E-state index contributed by atoms with van der Waals surface area (Å²) in [7, 11) is 0. The third kappa shape index (κ3) is 4.27. The van der Waals surface area contributed by atoms with Crippen molar-refractivity contribution in [3.05, 3.63) is 75.3 Å². The molecule has 1 amide bonds. The van der Waals surface area contributed by atoms with Gasteiger partial charge in [0.05, 0.1) is 15.1 Å². The molecular formula is C22H21FN4O3S. The quantitative estimate of drug-likeness (QED) is 0.328. The highest BCUT2D eigenvalue weighted by atomic mass is 32.1. The summed E-state index contributed by atoms with van der Waals surface area (Å²) >= 11 is 1.18. The molecule has 31 heavy (non-hydrogen) atoms. The molecule has 0 saturated carbocycles. The molecule has 2 heterocycles. The van der Waals surface area contributed by atoms with Crippen LogP contribution in [0.1, 0.15) is 29.6 Å². The predicted octanol–water partition coefficient (Wildman–Crippen LogP) is 4.67. The smallest absolute Gasteiger partial charge is 0.293 e. The SMILES string of the molecule is C=CCn1c(=NC(=O)c2ccc(N3CCCCC3)c([N+](=O)[O-])c2)sc2cc(F)ccc21. The van der Waals surface area contributed by atoms with E-state index in [0.717, 1.165) is 37.9 Å². The van der Waals surface area contributed by atoms with Crippen molar-refractivity contribution in [2.75, 3.05) is 18.0 Å². The summed E-state index contributed by atoms with van der Waals surface area (Å²) < 4.78 is 16.0. The molecule has 0 atom stereocenters. The van der Waals surface area contributed by atoms with Crippen LogP contribution in [-0.2, 0) is 6.54 Å². The highest BCUT2D eigenvalue weighted by Gasteiger charge is 2.23. The molecule has 2 aromatic carbocycles. The number of nitrogens with zero attached hydrogens (tertiary/aromatic N) is 4. The number of benzene rings is 2. The lowest BCUT2D eigenvalue weighted by atomic mass is 10.1. The van der Waals surface area contributed by atoms with Crippen LogP contribution in [0.25, 0.3) is 10.2 Å². The maximum absolute atomic E-state index is 13.6. The van der Waals surface area contributed by atoms with E-state index in [0.29, 0.717) is 21.7 Å². The lowest BCUT2D eigenvalue weighted by Crippen LogP contribution is -2.30. The number of hydrogen-bond acceptors (Lipinski definition) is 5. The summed E-state index contributed by atoms with van der Waals surface area (Å²) in [5.74, 6) is -0.959. The fourth-order valence-corrected chi connectivity index (χ4v) is 4.86. The van der Waals surface area contributed by atoms with E-state index in [1.807, 2.05) is 4.90 Å². The molecule has 9 heteroatoms. The minimum absolute atomic E-state index is 0.0969. The summed E-state index contributed by atoms with van der Waals surface area (Å²) in [5.41, 5.74) is 1.31. The van der Waals surface area contributed by atoms with E-state index in [1.54, 1.807) is 28.8 Å². The number of anilines is 1. The number of allylic oxidation sites excluding steroid dienone is 1. The molecule has 3 aromatic rings. The number of rotatable bonds is 5. The molecule has 160 valence electrons. The second-order valence-electron chi connectivity index (χ2n) is 7.32. The van der Waals surface area contributed by atoms with Crippen molar-refractivity contribution in [1.82, 2.24) is 4.57 Å². The Morgan fingerprint density at radius 1 is 1.23 bits per heavy atom. The van der Waals surface area contributed by atoms with Gasteiger partial charge < -0.3 is 9.47 Å². The third-order valence-electron chi connectivity index (χ3n) is 5.27. The van der Waals surface area contributed by atoms with Gasteiger partial charge in [0.25, 0.3) is 11.6 Å². The molecule has 0 radical (unpaired) electrons. The van der Waals surface area contributed by atoms with Gasteiger partial charge in [0.2, 0.25) is 0 Å². The van der Waals surface area contributed by atoms with E-state index in [2.05, 4.69) is 11.6 Å². The number of carbonyl (C=O) groups excluding carboxylic acids is 1. The molecule has 1 saturated heterocycles. The van der Waals surface area contributed by atoms with Crippen molar-refractivity contribution < 1.29 is 14.1 Å². The number of amides is 1. The normalized spacial score (nSPS) is 14.7. The van der Waals surface area contributed by atoms with Gasteiger partial charge in [-0.25, -0.2) is 4.39 Å². The van der Waals surface area contributed by atoms with Gasteiger partial charge in [-0.2, -0.15) is 4.99 Å². The van der Waals surface area contributed by atoms with E-state index in [9.17, 15) is 19.3 Å². The zero-order valence-corrected chi connectivity index (χ0v) is 17.6. The van der Waals surface area contributed by atoms with Crippen molar-refractivity contribution in [1.29, 1.82) is 0 Å². The summed E-state index contributed by atoms with van der Waals surface area (Å²) in [6, 6.07) is 8.87. The minimum atomic E-state index is -0.585. The molecule has 0 unspecified atom stereocenters. The minimum Gasteiger partial charge on any atom is -0.366 e. The number of hydrogen-bond donors (Lipinski definition) is 0. The Morgan fingerprint density at radius 3 is 2.71 bits per heavy atom. The lowest BCUT2D eigenvalue weighted by molar-refractivity contribution is -0.384. The molecule has 1 aliphatic heterocycles. The molecule has 4 rings (SSSR count). The summed E-state index contributed by atoms with van der Waals surface area (Å²) in [4.78, 5) is 30.7. The average molecular weight is 441 g/mol. The number of nitro groups is 1. The van der Waals surface area contributed by atoms with Crippen molar-refractivity contribution in [3.8, 4) is 0 Å². The Balaban J connectivity index is 1.75. The first kappa shape index (κ1) is 20.9. The summed E-state index contributed by atoms with van der Waals surface area (Å²) in [6.07, 6.45) is 4.76. The highest BCUT2D eigenvalue weighted by Crippen LogP contribution is 2.31. The van der Waals surface area contributed by atoms with Gasteiger partial charge in [-0.05, 0) is 49.6 Å². The molecule has 7 nitrogen and oxygen atoms in total. The number of nitro benzene ring substituents is 1. The van der Waals surface area contributed by atoms with E-state index < -0.39 is 10.8 Å². The van der Waals surface area contributed by atoms with Crippen molar-refractivity contribution in [3.63, 3.8) is 0 Å². The standard InChI is InChI=1S/C22H21FN4O3S/c1-2-10-26-18-9-7-16(23)14-20(18)31-22(26)24-21(28)15-6-8-17(19(13-15)27(29)30)25-11-4-3-5-12-25/h2,6-9,13-14H,1,3-5,10-12H2. The number of aromatic nitrogens is 1. The van der Waals surface area contributed by atoms with E-state index >= 15 is 0 Å². The topological polar surface area (TPSA) is 80.7 Å². The zero-order valence-electron chi connectivity index (χ0n) is 16.8. The largest absolute Gasteiger partial charge is 0.366 e. The van der Waals surface area contributed by atoms with Crippen LogP contribution in [0.4, 0.5) is 15.8 Å². The second kappa shape index (κ2) is 8.81. The van der Waals surface area contributed by atoms with Crippen LogP contribution in [0.2, 0.25) is 0 Å². The first-order chi connectivity index (χ1) is 15.0. The molecule has 1 aromatic heterocycles. The van der Waals surface area contributed by atoms with Gasteiger partial charge in [0.15, 0.2) is 4.80 Å². The van der Waals surface area contributed by atoms with Crippen LogP contribution in [0.3, 0.4) is 0 Å². The van der Waals surface area contributed by atoms with Gasteiger partial charge in [-0.3, -0.25) is 14.9 Å². The van der Waals surface area contributed by atoms with Crippen molar-refractivity contribution in [2.45, 2.75) is 25.8 Å². The monoisotopic (exact) mass is 440 g/mol. The Labute approximate surface area is 181 Å². The number of carbonyl (C=O) groups is 1. The number of piperidine rings is 1. The molecule has 0 N–H and O–H groups in total. The second-order valence-corrected chi connectivity index (χ2v) is 8.33. The van der Waals surface area contributed by atoms with Gasteiger partial charge in [0, 0.05) is 31.3 Å². The molecule has 1 aliphatic rings. The Kier molecular flexibility index (Phi) is 5.94. The molecule has 0 aliphatic carbocycles. The van der Waals surface area contributed by atoms with Crippen molar-refractivity contribution in [2.24, 2.45) is 4.99 Å². The molecule has 1 fully saturated rings. The van der Waals surface area contributed by atoms with Gasteiger partial charge >= 0.3 is 0 Å². The summed E-state index contributed by atoms with van der Waals surface area (Å²) in [6.45, 7) is 5.65. The Hall–Kier alpha value is -3.33. The summed E-state index contributed by atoms with van der Waals surface area (Å²) in [5, 5.41) is 11.7. The molecule has 0 bridgehead atoms. The van der Waals surface area contributed by atoms with Crippen LogP contribution in [0.15, 0.2) is 54.0 Å². The Morgan fingerprint density at radius 2 is 2.00 bits per heavy atom. The van der Waals surface area contributed by atoms with Crippen LogP contribution in [0, 0.1) is 15.9 Å². The van der Waals surface area contributed by atoms with Gasteiger partial charge in [0.1, 0.15) is 11.5 Å². The predicted molar refractivity (Wildman–Crippen MR) is 119 cm³/mol. The first-order valence-corrected chi connectivity index (χ1v) is 10.8. The zero-order chi connectivity index (χ0) is 22.0.